The molecule has 174 valence electrons. The number of nitriles is 1. The lowest BCUT2D eigenvalue weighted by Gasteiger charge is -2.35. The van der Waals surface area contributed by atoms with Gasteiger partial charge in [0.05, 0.1) is 22.6 Å². The Morgan fingerprint density at radius 2 is 1.78 bits per heavy atom. The smallest absolute Gasteiger partial charge is 0.502 e. The molecular formula is C19H19Cl2F3N4O4. The molecule has 3 rings (SSSR count). The van der Waals surface area contributed by atoms with Gasteiger partial charge in [0.25, 0.3) is 0 Å². The molecule has 0 radical (unpaired) electrons. The number of ether oxygens (including phenoxy) is 1. The van der Waals surface area contributed by atoms with Gasteiger partial charge >= 0.3 is 12.0 Å². The zero-order valence-corrected chi connectivity index (χ0v) is 18.0. The summed E-state index contributed by atoms with van der Waals surface area (Å²) < 4.78 is 41.2. The molecule has 2 aromatic carbocycles. The van der Waals surface area contributed by atoms with Gasteiger partial charge in [0.1, 0.15) is 5.75 Å². The second-order valence-electron chi connectivity index (χ2n) is 6.61. The summed E-state index contributed by atoms with van der Waals surface area (Å²) in [5, 5.41) is 34.4. The third-order valence-corrected chi connectivity index (χ3v) is 4.69. The number of hydrogen-bond acceptors (Lipinski definition) is 7. The highest BCUT2D eigenvalue weighted by molar-refractivity contribution is 5.85. The number of nitro groups is 1. The molecule has 0 spiro atoms. The average Bonchev–Trinajstić information content (AvgIpc) is 2.70. The Balaban J connectivity index is 0.00000256. The van der Waals surface area contributed by atoms with E-state index >= 15 is 0 Å². The van der Waals surface area contributed by atoms with Crippen molar-refractivity contribution in [1.82, 2.24) is 10.2 Å². The summed E-state index contributed by atoms with van der Waals surface area (Å²) in [6, 6.07) is 8.54. The number of phenolic OH excluding ortho intramolecular Hbond substituents is 1. The molecular weight excluding hydrogens is 476 g/mol. The first-order chi connectivity index (χ1) is 14.2. The number of piperazine rings is 1. The van der Waals surface area contributed by atoms with Crippen molar-refractivity contribution in [2.24, 2.45) is 0 Å². The summed E-state index contributed by atoms with van der Waals surface area (Å²) in [5.41, 5.74) is 0.00567. The van der Waals surface area contributed by atoms with Gasteiger partial charge in [0.15, 0.2) is 5.75 Å². The zero-order chi connectivity index (χ0) is 21.9. The maximum Gasteiger partial charge on any atom is 0.573 e. The van der Waals surface area contributed by atoms with E-state index in [1.807, 2.05) is 11.0 Å². The van der Waals surface area contributed by atoms with Crippen LogP contribution in [0.5, 0.6) is 11.5 Å². The third-order valence-electron chi connectivity index (χ3n) is 4.69. The standard InChI is InChI=1S/C19H17F3N4O4.2ClH/c20-19(21,22)30-14-3-1-13(2-4-14)17(25-7-5-24-6-8-25)15-9-12(11-23)10-16(18(15)27)26(28)29;;/h1-4,9-10,17,24,27H,5-8H2;2*1H/t17-;;/m0../s1. The highest BCUT2D eigenvalue weighted by Gasteiger charge is 2.33. The number of halogens is 5. The average molecular weight is 495 g/mol. The number of aromatic hydroxyl groups is 1. The Bertz CT molecular complexity index is 978. The molecule has 1 aliphatic rings. The van der Waals surface area contributed by atoms with Crippen molar-refractivity contribution in [1.29, 1.82) is 5.26 Å². The number of nitrogens with zero attached hydrogens (tertiary/aromatic N) is 3. The molecule has 13 heteroatoms. The molecule has 1 atom stereocenters. The van der Waals surface area contributed by atoms with Gasteiger partial charge in [-0.25, -0.2) is 0 Å². The largest absolute Gasteiger partial charge is 0.573 e. The van der Waals surface area contributed by atoms with Crippen LogP contribution in [-0.2, 0) is 0 Å². The van der Waals surface area contributed by atoms with Crippen molar-refractivity contribution in [3.63, 3.8) is 0 Å². The summed E-state index contributed by atoms with van der Waals surface area (Å²) in [5.74, 6) is -0.996. The molecule has 0 amide bonds. The molecule has 1 saturated heterocycles. The highest BCUT2D eigenvalue weighted by atomic mass is 35.5. The van der Waals surface area contributed by atoms with Gasteiger partial charge in [0.2, 0.25) is 0 Å². The lowest BCUT2D eigenvalue weighted by atomic mass is 9.93. The minimum Gasteiger partial charge on any atom is -0.502 e. The van der Waals surface area contributed by atoms with Crippen LogP contribution in [0.1, 0.15) is 22.7 Å². The Morgan fingerprint density at radius 3 is 2.28 bits per heavy atom. The molecule has 1 heterocycles. The van der Waals surface area contributed by atoms with Crippen LogP contribution in [0.2, 0.25) is 0 Å². The van der Waals surface area contributed by atoms with Crippen LogP contribution >= 0.6 is 24.8 Å². The minimum atomic E-state index is -4.83. The Morgan fingerprint density at radius 1 is 1.19 bits per heavy atom. The van der Waals surface area contributed by atoms with Crippen LogP contribution in [0.15, 0.2) is 36.4 Å². The monoisotopic (exact) mass is 494 g/mol. The van der Waals surface area contributed by atoms with Gasteiger partial charge < -0.3 is 15.2 Å². The van der Waals surface area contributed by atoms with Crippen LogP contribution in [0, 0.1) is 21.4 Å². The van der Waals surface area contributed by atoms with Crippen LogP contribution in [0.4, 0.5) is 18.9 Å². The summed E-state index contributed by atoms with van der Waals surface area (Å²) in [6.45, 7) is 2.28. The van der Waals surface area contributed by atoms with Crippen LogP contribution in [0.25, 0.3) is 0 Å². The first kappa shape index (κ1) is 27.3. The fourth-order valence-electron chi connectivity index (χ4n) is 3.43. The molecule has 0 unspecified atom stereocenters. The van der Waals surface area contributed by atoms with E-state index in [2.05, 4.69) is 10.1 Å². The van der Waals surface area contributed by atoms with E-state index in [1.54, 1.807) is 0 Å². The number of benzene rings is 2. The second-order valence-corrected chi connectivity index (χ2v) is 6.61. The van der Waals surface area contributed by atoms with Gasteiger partial charge in [-0.3, -0.25) is 15.0 Å². The Kier molecular flexibility index (Phi) is 9.53. The van der Waals surface area contributed by atoms with Crippen LogP contribution in [0.3, 0.4) is 0 Å². The highest BCUT2D eigenvalue weighted by Crippen LogP contribution is 2.41. The van der Waals surface area contributed by atoms with Crippen LogP contribution in [-0.4, -0.2) is 47.5 Å². The predicted octanol–water partition coefficient (Wildman–Crippen LogP) is 3.91. The molecule has 2 N–H and O–H groups in total. The number of alkyl halides is 3. The molecule has 0 bridgehead atoms. The van der Waals surface area contributed by atoms with E-state index < -0.39 is 34.5 Å². The van der Waals surface area contributed by atoms with E-state index in [0.717, 1.165) is 18.2 Å². The lowest BCUT2D eigenvalue weighted by Crippen LogP contribution is -2.45. The van der Waals surface area contributed by atoms with E-state index in [-0.39, 0.29) is 35.9 Å². The van der Waals surface area contributed by atoms with E-state index in [4.69, 9.17) is 0 Å². The summed E-state index contributed by atoms with van der Waals surface area (Å²) in [7, 11) is 0. The molecule has 1 aliphatic heterocycles. The van der Waals surface area contributed by atoms with Gasteiger partial charge in [-0.2, -0.15) is 5.26 Å². The topological polar surface area (TPSA) is 112 Å². The summed E-state index contributed by atoms with van der Waals surface area (Å²) in [6.07, 6.45) is -4.83. The van der Waals surface area contributed by atoms with Crippen molar-refractivity contribution >= 4 is 30.5 Å². The summed E-state index contributed by atoms with van der Waals surface area (Å²) >= 11 is 0. The molecule has 32 heavy (non-hydrogen) atoms. The second kappa shape index (κ2) is 11.2. The molecule has 1 fully saturated rings. The number of nitro benzene ring substituents is 1. The van der Waals surface area contributed by atoms with Crippen molar-refractivity contribution in [3.05, 3.63) is 63.2 Å². The fraction of sp³-hybridized carbons (Fsp3) is 0.316. The summed E-state index contributed by atoms with van der Waals surface area (Å²) in [4.78, 5) is 12.5. The number of rotatable bonds is 5. The first-order valence-corrected chi connectivity index (χ1v) is 8.91. The first-order valence-electron chi connectivity index (χ1n) is 8.91. The number of hydrogen-bond donors (Lipinski definition) is 2. The Hall–Kier alpha value is -2.78. The molecule has 0 aliphatic carbocycles. The van der Waals surface area contributed by atoms with E-state index in [0.29, 0.717) is 31.7 Å². The third kappa shape index (κ3) is 6.37. The maximum atomic E-state index is 12.4. The van der Waals surface area contributed by atoms with Crippen LogP contribution < -0.4 is 10.1 Å². The van der Waals surface area contributed by atoms with E-state index in [1.165, 1.54) is 18.2 Å². The lowest BCUT2D eigenvalue weighted by molar-refractivity contribution is -0.386. The normalized spacial score (nSPS) is 14.9. The zero-order valence-electron chi connectivity index (χ0n) is 16.3. The van der Waals surface area contributed by atoms with Gasteiger partial charge in [-0.05, 0) is 23.8 Å². The van der Waals surface area contributed by atoms with E-state index in [9.17, 15) is 33.7 Å². The molecule has 0 aromatic heterocycles. The van der Waals surface area contributed by atoms with Crippen molar-refractivity contribution in [3.8, 4) is 17.6 Å². The minimum absolute atomic E-state index is 0. The predicted molar refractivity (Wildman–Crippen MR) is 113 cm³/mol. The van der Waals surface area contributed by atoms with Crippen molar-refractivity contribution < 1.29 is 27.9 Å². The number of phenols is 1. The Labute approximate surface area is 193 Å². The molecule has 0 saturated carbocycles. The SMILES string of the molecule is Cl.Cl.N#Cc1cc([C@H](c2ccc(OC(F)(F)F)cc2)N2CCNCC2)c(O)c([N+](=O)[O-])c1. The van der Waals surface area contributed by atoms with Gasteiger partial charge in [0, 0.05) is 37.8 Å². The van der Waals surface area contributed by atoms with Gasteiger partial charge in [-0.15, -0.1) is 38.0 Å². The number of nitrogens with one attached hydrogen (secondary N) is 1. The molecule has 8 nitrogen and oxygen atoms in total. The van der Waals surface area contributed by atoms with Crippen molar-refractivity contribution in [2.45, 2.75) is 12.4 Å². The maximum absolute atomic E-state index is 12.4. The molecule has 2 aromatic rings. The fourth-order valence-corrected chi connectivity index (χ4v) is 3.43. The quantitative estimate of drug-likeness (QED) is 0.478. The van der Waals surface area contributed by atoms with Crippen molar-refractivity contribution in [2.75, 3.05) is 26.2 Å². The van der Waals surface area contributed by atoms with Gasteiger partial charge in [-0.1, -0.05) is 12.1 Å².